The van der Waals surface area contributed by atoms with E-state index >= 15 is 0 Å². The van der Waals surface area contributed by atoms with Gasteiger partial charge in [-0.25, -0.2) is 4.79 Å². The van der Waals surface area contributed by atoms with E-state index in [-0.39, 0.29) is 40.8 Å². The molecule has 33 heavy (non-hydrogen) atoms. The smallest absolute Gasteiger partial charge is 0.331 e. The van der Waals surface area contributed by atoms with Gasteiger partial charge in [-0.2, -0.15) is 0 Å². The van der Waals surface area contributed by atoms with Crippen molar-refractivity contribution in [3.8, 4) is 0 Å². The van der Waals surface area contributed by atoms with Crippen LogP contribution in [0, 0.1) is 52.3 Å². The highest BCUT2D eigenvalue weighted by molar-refractivity contribution is 5.86. The van der Waals surface area contributed by atoms with Crippen LogP contribution in [0.4, 0.5) is 0 Å². The van der Waals surface area contributed by atoms with E-state index in [4.69, 9.17) is 0 Å². The maximum absolute atomic E-state index is 11.7. The highest BCUT2D eigenvalue weighted by atomic mass is 16.4. The SMILES string of the molecule is CC(C)C(=CCC(C)C1CCC2C3C(O)CC4CC(O)CCC4(C)C3CC(O)C12C)C(=O)O. The van der Waals surface area contributed by atoms with Crippen molar-refractivity contribution in [1.82, 2.24) is 0 Å². The average Bonchev–Trinajstić information content (AvgIpc) is 3.08. The third kappa shape index (κ3) is 4.00. The third-order valence-corrected chi connectivity index (χ3v) is 11.1. The number of hydrogen-bond donors (Lipinski definition) is 4. The first kappa shape index (κ1) is 25.2. The molecule has 188 valence electrons. The van der Waals surface area contributed by atoms with Crippen LogP contribution in [0.1, 0.15) is 86.0 Å². The van der Waals surface area contributed by atoms with E-state index in [0.29, 0.717) is 35.7 Å². The normalized spacial score (nSPS) is 48.7. The Bertz CT molecular complexity index is 776. The molecule has 0 bridgehead atoms. The molecule has 4 aliphatic rings. The van der Waals surface area contributed by atoms with Crippen LogP contribution in [0.25, 0.3) is 0 Å². The van der Waals surface area contributed by atoms with Crippen LogP contribution in [0.3, 0.4) is 0 Å². The molecule has 4 saturated carbocycles. The molecule has 5 heteroatoms. The molecule has 0 spiro atoms. The number of hydrogen-bond acceptors (Lipinski definition) is 4. The lowest BCUT2D eigenvalue weighted by Crippen LogP contribution is -2.62. The summed E-state index contributed by atoms with van der Waals surface area (Å²) in [6.45, 7) is 10.7. The summed E-state index contributed by atoms with van der Waals surface area (Å²) < 4.78 is 0. The van der Waals surface area contributed by atoms with Crippen LogP contribution in [-0.4, -0.2) is 44.7 Å². The number of carboxylic acids is 1. The van der Waals surface area contributed by atoms with Gasteiger partial charge in [0.15, 0.2) is 0 Å². The second kappa shape index (κ2) is 8.95. The van der Waals surface area contributed by atoms with Gasteiger partial charge in [0.05, 0.1) is 18.3 Å². The maximum Gasteiger partial charge on any atom is 0.331 e. The highest BCUT2D eigenvalue weighted by Gasteiger charge is 2.65. The molecule has 0 aliphatic heterocycles. The standard InChI is InChI=1S/C28H46O5/c1-15(2)19(26(32)33)7-6-16(3)20-8-9-21-25-22(14-24(31)28(20,21)5)27(4)11-10-18(29)12-17(27)13-23(25)30/h7,15-18,20-25,29-31H,6,8-14H2,1-5H3,(H,32,33). The second-order valence-electron chi connectivity index (χ2n) is 12.9. The summed E-state index contributed by atoms with van der Waals surface area (Å²) in [5, 5.41) is 42.8. The molecule has 0 amide bonds. The topological polar surface area (TPSA) is 98.0 Å². The lowest BCUT2D eigenvalue weighted by Gasteiger charge is -2.63. The Morgan fingerprint density at radius 1 is 1.00 bits per heavy atom. The molecule has 0 aromatic rings. The van der Waals surface area contributed by atoms with Gasteiger partial charge in [-0.15, -0.1) is 0 Å². The molecule has 0 saturated heterocycles. The molecule has 4 N–H and O–H groups in total. The van der Waals surface area contributed by atoms with E-state index in [0.717, 1.165) is 44.9 Å². The number of allylic oxidation sites excluding steroid dienone is 1. The van der Waals surface area contributed by atoms with Gasteiger partial charge in [0.2, 0.25) is 0 Å². The van der Waals surface area contributed by atoms with Crippen molar-refractivity contribution in [2.75, 3.05) is 0 Å². The number of carbonyl (C=O) groups is 1. The van der Waals surface area contributed by atoms with Crippen LogP contribution in [-0.2, 0) is 4.79 Å². The lowest BCUT2D eigenvalue weighted by molar-refractivity contribution is -0.206. The Labute approximate surface area is 199 Å². The molecule has 11 atom stereocenters. The zero-order valence-electron chi connectivity index (χ0n) is 21.2. The number of carboxylic acid groups (broad SMARTS) is 1. The Morgan fingerprint density at radius 3 is 2.33 bits per heavy atom. The molecule has 0 heterocycles. The molecular weight excluding hydrogens is 416 g/mol. The first-order valence-corrected chi connectivity index (χ1v) is 13.4. The second-order valence-corrected chi connectivity index (χ2v) is 12.9. The minimum absolute atomic E-state index is 0.0114. The monoisotopic (exact) mass is 462 g/mol. The Balaban J connectivity index is 1.58. The fraction of sp³-hybridized carbons (Fsp3) is 0.893. The van der Waals surface area contributed by atoms with Crippen LogP contribution < -0.4 is 0 Å². The number of aliphatic carboxylic acids is 1. The zero-order chi connectivity index (χ0) is 24.3. The van der Waals surface area contributed by atoms with Gasteiger partial charge in [-0.3, -0.25) is 0 Å². The summed E-state index contributed by atoms with van der Waals surface area (Å²) in [6.07, 6.45) is 7.79. The Kier molecular flexibility index (Phi) is 6.83. The van der Waals surface area contributed by atoms with E-state index < -0.39 is 12.1 Å². The van der Waals surface area contributed by atoms with Gasteiger partial charge in [-0.1, -0.05) is 40.7 Å². The summed E-state index contributed by atoms with van der Waals surface area (Å²) in [4.78, 5) is 11.6. The van der Waals surface area contributed by atoms with Crippen molar-refractivity contribution in [3.05, 3.63) is 11.6 Å². The molecule has 4 aliphatic carbocycles. The molecule has 5 nitrogen and oxygen atoms in total. The van der Waals surface area contributed by atoms with Crippen molar-refractivity contribution in [1.29, 1.82) is 0 Å². The van der Waals surface area contributed by atoms with Crippen LogP contribution in [0.15, 0.2) is 11.6 Å². The first-order chi connectivity index (χ1) is 15.4. The minimum Gasteiger partial charge on any atom is -0.478 e. The van der Waals surface area contributed by atoms with Gasteiger partial charge < -0.3 is 20.4 Å². The fourth-order valence-electron chi connectivity index (χ4n) is 9.18. The van der Waals surface area contributed by atoms with Crippen LogP contribution >= 0.6 is 0 Å². The molecule has 4 fully saturated rings. The van der Waals surface area contributed by atoms with E-state index in [2.05, 4.69) is 20.8 Å². The van der Waals surface area contributed by atoms with E-state index in [9.17, 15) is 25.2 Å². The molecule has 0 radical (unpaired) electrons. The Hall–Kier alpha value is -0.910. The third-order valence-electron chi connectivity index (χ3n) is 11.1. The summed E-state index contributed by atoms with van der Waals surface area (Å²) in [5.41, 5.74) is 0.325. The summed E-state index contributed by atoms with van der Waals surface area (Å²) in [5.74, 6) is 0.915. The van der Waals surface area contributed by atoms with E-state index in [1.54, 1.807) is 0 Å². The summed E-state index contributed by atoms with van der Waals surface area (Å²) in [7, 11) is 0. The average molecular weight is 463 g/mol. The number of aliphatic hydroxyl groups excluding tert-OH is 3. The summed E-state index contributed by atoms with van der Waals surface area (Å²) in [6, 6.07) is 0. The largest absolute Gasteiger partial charge is 0.478 e. The van der Waals surface area contributed by atoms with Gasteiger partial charge in [0.1, 0.15) is 0 Å². The van der Waals surface area contributed by atoms with Crippen molar-refractivity contribution in [3.63, 3.8) is 0 Å². The molecule has 4 rings (SSSR count). The maximum atomic E-state index is 11.7. The first-order valence-electron chi connectivity index (χ1n) is 13.4. The van der Waals surface area contributed by atoms with Gasteiger partial charge >= 0.3 is 5.97 Å². The van der Waals surface area contributed by atoms with Gasteiger partial charge in [0.25, 0.3) is 0 Å². The van der Waals surface area contributed by atoms with E-state index in [1.165, 1.54) is 0 Å². The van der Waals surface area contributed by atoms with Crippen molar-refractivity contribution < 1.29 is 25.2 Å². The van der Waals surface area contributed by atoms with Crippen LogP contribution in [0.5, 0.6) is 0 Å². The van der Waals surface area contributed by atoms with Crippen molar-refractivity contribution in [2.24, 2.45) is 52.3 Å². The Morgan fingerprint density at radius 2 is 1.70 bits per heavy atom. The predicted molar refractivity (Wildman–Crippen MR) is 128 cm³/mol. The van der Waals surface area contributed by atoms with Gasteiger partial charge in [0, 0.05) is 5.57 Å². The lowest BCUT2D eigenvalue weighted by atomic mass is 9.43. The highest BCUT2D eigenvalue weighted by Crippen LogP contribution is 2.68. The summed E-state index contributed by atoms with van der Waals surface area (Å²) >= 11 is 0. The van der Waals surface area contributed by atoms with Gasteiger partial charge in [-0.05, 0) is 104 Å². The molecule has 0 aromatic carbocycles. The number of aliphatic hydroxyl groups is 3. The predicted octanol–water partition coefficient (Wildman–Crippen LogP) is 4.64. The van der Waals surface area contributed by atoms with Crippen molar-refractivity contribution in [2.45, 2.75) is 104 Å². The van der Waals surface area contributed by atoms with Crippen LogP contribution in [0.2, 0.25) is 0 Å². The van der Waals surface area contributed by atoms with Crippen molar-refractivity contribution >= 4 is 5.97 Å². The zero-order valence-corrected chi connectivity index (χ0v) is 21.2. The molecule has 11 unspecified atom stereocenters. The quantitative estimate of drug-likeness (QED) is 0.446. The minimum atomic E-state index is -0.834. The number of fused-ring (bicyclic) bond motifs is 5. The number of rotatable bonds is 5. The molecule has 0 aromatic heterocycles. The van der Waals surface area contributed by atoms with E-state index in [1.807, 2.05) is 19.9 Å². The fourth-order valence-corrected chi connectivity index (χ4v) is 9.18. The molecular formula is C28H46O5.